The quantitative estimate of drug-likeness (QED) is 0.204. The van der Waals surface area contributed by atoms with Crippen molar-refractivity contribution in [1.82, 2.24) is 24.1 Å². The van der Waals surface area contributed by atoms with Crippen LogP contribution in [0.4, 0.5) is 0 Å². The Morgan fingerprint density at radius 1 is 0.932 bits per heavy atom. The molecule has 44 heavy (non-hydrogen) atoms. The van der Waals surface area contributed by atoms with E-state index in [1.807, 2.05) is 34.6 Å². The Morgan fingerprint density at radius 3 is 2.11 bits per heavy atom. The van der Waals surface area contributed by atoms with Gasteiger partial charge in [0, 0.05) is 30.5 Å². The number of fused-ring (bicyclic) bond motifs is 1. The molecule has 4 aromatic rings. The predicted octanol–water partition coefficient (Wildman–Crippen LogP) is 6.91. The first kappa shape index (κ1) is 33.5. The topological polar surface area (TPSA) is 106 Å². The lowest BCUT2D eigenvalue weighted by atomic mass is 9.97. The highest BCUT2D eigenvalue weighted by molar-refractivity contribution is 6.37. The summed E-state index contributed by atoms with van der Waals surface area (Å²) in [6, 6.07) is 6.21. The first-order valence-corrected chi connectivity index (χ1v) is 15.2. The minimum absolute atomic E-state index is 0.0642. The van der Waals surface area contributed by atoms with Crippen LogP contribution in [0.1, 0.15) is 59.2 Å². The van der Waals surface area contributed by atoms with E-state index in [1.54, 1.807) is 16.7 Å². The fourth-order valence-electron chi connectivity index (χ4n) is 4.23. The molecule has 0 aliphatic carbocycles. The highest BCUT2D eigenvalue weighted by atomic mass is 35.5. The average Bonchev–Trinajstić information content (AvgIpc) is 3.50. The summed E-state index contributed by atoms with van der Waals surface area (Å²) in [7, 11) is 0. The summed E-state index contributed by atoms with van der Waals surface area (Å²) in [6.07, 6.45) is 7.91. The number of aryl methyl sites for hydroxylation is 1. The molecule has 0 atom stereocenters. The monoisotopic (exact) mass is 681 g/mol. The third-order valence-corrected chi connectivity index (χ3v) is 7.49. The van der Waals surface area contributed by atoms with Crippen molar-refractivity contribution in [2.45, 2.75) is 71.9 Å². The van der Waals surface area contributed by atoms with E-state index in [0.717, 1.165) is 29.8 Å². The largest absolute Gasteiger partial charge is 0.489 e. The molecule has 14 heteroatoms. The summed E-state index contributed by atoms with van der Waals surface area (Å²) >= 11 is 24.6. The zero-order valence-electron chi connectivity index (χ0n) is 24.8. The number of benzene rings is 2. The third-order valence-electron chi connectivity index (χ3n) is 6.29. The van der Waals surface area contributed by atoms with Crippen LogP contribution in [-0.4, -0.2) is 36.8 Å². The second-order valence-electron chi connectivity index (χ2n) is 11.2. The fourth-order valence-corrected chi connectivity index (χ4v) is 5.25. The van der Waals surface area contributed by atoms with Gasteiger partial charge >= 0.3 is 11.4 Å². The molecule has 234 valence electrons. The van der Waals surface area contributed by atoms with Crippen LogP contribution in [0.3, 0.4) is 0 Å². The van der Waals surface area contributed by atoms with E-state index in [9.17, 15) is 9.59 Å². The predicted molar refractivity (Wildman–Crippen MR) is 172 cm³/mol. The summed E-state index contributed by atoms with van der Waals surface area (Å²) in [5.74, 6) is 3.67. The third kappa shape index (κ3) is 7.46. The molecule has 0 saturated heterocycles. The van der Waals surface area contributed by atoms with Crippen LogP contribution in [-0.2, 0) is 18.4 Å². The van der Waals surface area contributed by atoms with Crippen molar-refractivity contribution in [3.63, 3.8) is 0 Å². The highest BCUT2D eigenvalue weighted by Crippen LogP contribution is 2.34. The Kier molecular flexibility index (Phi) is 10.5. The van der Waals surface area contributed by atoms with Gasteiger partial charge in [-0.3, -0.25) is 4.57 Å². The van der Waals surface area contributed by atoms with Crippen molar-refractivity contribution >= 4 is 46.4 Å². The number of hydrogen-bond donors (Lipinski definition) is 0. The SMILES string of the molecule is C#CCOc1cc(-n2nc3n(c2=O)CCCC3)c(Cl)cc1Cl.CC(C)Oc1cc(-n2nc(C(C)(C)C)oc2=O)c(Cl)cc1Cl. The summed E-state index contributed by atoms with van der Waals surface area (Å²) in [5.41, 5.74) is 0.207. The number of hydrogen-bond acceptors (Lipinski definition) is 7. The van der Waals surface area contributed by atoms with Crippen molar-refractivity contribution in [3.8, 4) is 35.2 Å². The lowest BCUT2D eigenvalue weighted by molar-refractivity contribution is 0.242. The van der Waals surface area contributed by atoms with Gasteiger partial charge in [0.15, 0.2) is 0 Å². The van der Waals surface area contributed by atoms with E-state index in [-0.39, 0.29) is 28.8 Å². The molecule has 3 heterocycles. The normalized spacial score (nSPS) is 12.8. The van der Waals surface area contributed by atoms with Gasteiger partial charge in [-0.05, 0) is 38.8 Å². The number of rotatable bonds is 6. The number of ether oxygens (including phenoxy) is 2. The Labute approximate surface area is 274 Å². The fraction of sp³-hybridized carbons (Fsp3) is 0.400. The van der Waals surface area contributed by atoms with Gasteiger partial charge in [-0.2, -0.15) is 9.36 Å². The Morgan fingerprint density at radius 2 is 1.55 bits per heavy atom. The smallest absolute Gasteiger partial charge is 0.442 e. The maximum absolute atomic E-state index is 12.5. The van der Waals surface area contributed by atoms with Crippen molar-refractivity contribution in [3.05, 3.63) is 77.1 Å². The molecule has 0 bridgehead atoms. The van der Waals surface area contributed by atoms with E-state index < -0.39 is 5.76 Å². The van der Waals surface area contributed by atoms with Crippen LogP contribution in [0, 0.1) is 12.3 Å². The van der Waals surface area contributed by atoms with Gasteiger partial charge in [0.25, 0.3) is 0 Å². The molecule has 1 aliphatic heterocycles. The lowest BCUT2D eigenvalue weighted by Crippen LogP contribution is -2.26. The number of aromatic nitrogens is 5. The van der Waals surface area contributed by atoms with E-state index in [2.05, 4.69) is 16.1 Å². The molecule has 10 nitrogen and oxygen atoms in total. The maximum Gasteiger partial charge on any atom is 0.442 e. The molecule has 0 radical (unpaired) electrons. The number of nitrogens with zero attached hydrogens (tertiary/aromatic N) is 5. The van der Waals surface area contributed by atoms with Gasteiger partial charge in [-0.1, -0.05) is 73.1 Å². The maximum atomic E-state index is 12.5. The Balaban J connectivity index is 0.000000201. The zero-order valence-corrected chi connectivity index (χ0v) is 27.8. The van der Waals surface area contributed by atoms with Crippen molar-refractivity contribution in [2.75, 3.05) is 6.61 Å². The number of halogens is 4. The van der Waals surface area contributed by atoms with Crippen LogP contribution in [0.15, 0.2) is 38.3 Å². The Bertz CT molecular complexity index is 1830. The van der Waals surface area contributed by atoms with E-state index in [1.165, 1.54) is 16.8 Å². The highest BCUT2D eigenvalue weighted by Gasteiger charge is 2.24. The van der Waals surface area contributed by atoms with Crippen molar-refractivity contribution in [1.29, 1.82) is 0 Å². The van der Waals surface area contributed by atoms with Crippen LogP contribution in [0.5, 0.6) is 11.5 Å². The molecule has 5 rings (SSSR count). The summed E-state index contributed by atoms with van der Waals surface area (Å²) in [4.78, 5) is 24.5. The Hall–Kier alpha value is -3.36. The molecule has 1 aliphatic rings. The van der Waals surface area contributed by atoms with Crippen LogP contribution >= 0.6 is 46.4 Å². The lowest BCUT2D eigenvalue weighted by Gasteiger charge is -2.13. The zero-order chi connectivity index (χ0) is 32.3. The van der Waals surface area contributed by atoms with Gasteiger partial charge < -0.3 is 13.9 Å². The van der Waals surface area contributed by atoms with Gasteiger partial charge in [-0.25, -0.2) is 9.59 Å². The van der Waals surface area contributed by atoms with Crippen LogP contribution in [0.2, 0.25) is 20.1 Å². The average molecular weight is 683 g/mol. The van der Waals surface area contributed by atoms with Gasteiger partial charge in [-0.15, -0.1) is 16.6 Å². The molecular weight excluding hydrogens is 652 g/mol. The van der Waals surface area contributed by atoms with Crippen LogP contribution < -0.4 is 20.9 Å². The second-order valence-corrected chi connectivity index (χ2v) is 12.8. The van der Waals surface area contributed by atoms with Gasteiger partial charge in [0.05, 0.1) is 37.6 Å². The van der Waals surface area contributed by atoms with Crippen molar-refractivity contribution < 1.29 is 13.9 Å². The number of terminal acetylenes is 1. The first-order chi connectivity index (χ1) is 20.7. The molecule has 0 N–H and O–H groups in total. The minimum Gasteiger partial charge on any atom is -0.489 e. The van der Waals surface area contributed by atoms with E-state index in [4.69, 9.17) is 66.7 Å². The molecule has 0 unspecified atom stereocenters. The second kappa shape index (κ2) is 13.7. The minimum atomic E-state index is -0.607. The molecule has 0 saturated carbocycles. The summed E-state index contributed by atoms with van der Waals surface area (Å²) in [5, 5.41) is 9.92. The summed E-state index contributed by atoms with van der Waals surface area (Å²) in [6.45, 7) is 10.2. The standard InChI is InChI=1S/C15H13Cl2N3O2.C15H18Cl2N2O3/c1-2-7-22-13-9-12(10(16)8-11(13)17)20-15(21)19-6-4-3-5-14(19)18-20;1-8(2)21-12-7-11(9(16)6-10(12)17)19-14(20)22-13(18-19)15(3,4)5/h1,8-9H,3-7H2;6-8H,1-5H3. The molecule has 2 aromatic carbocycles. The van der Waals surface area contributed by atoms with Gasteiger partial charge in [0.2, 0.25) is 5.89 Å². The molecule has 2 aromatic heterocycles. The molecular formula is C30H31Cl4N5O5. The summed E-state index contributed by atoms with van der Waals surface area (Å²) < 4.78 is 20.3. The van der Waals surface area contributed by atoms with Crippen molar-refractivity contribution in [2.24, 2.45) is 0 Å². The van der Waals surface area contributed by atoms with E-state index in [0.29, 0.717) is 50.4 Å². The van der Waals surface area contributed by atoms with E-state index >= 15 is 0 Å². The van der Waals surface area contributed by atoms with Crippen LogP contribution in [0.25, 0.3) is 11.4 Å². The molecule has 0 fully saturated rings. The molecule has 0 amide bonds. The first-order valence-electron chi connectivity index (χ1n) is 13.7. The van der Waals surface area contributed by atoms with Gasteiger partial charge in [0.1, 0.15) is 23.9 Å². The molecule has 0 spiro atoms.